The maximum atomic E-state index is 12.6. The third-order valence-electron chi connectivity index (χ3n) is 4.25. The van der Waals surface area contributed by atoms with E-state index in [2.05, 4.69) is 20.3 Å². The predicted molar refractivity (Wildman–Crippen MR) is 102 cm³/mol. The first kappa shape index (κ1) is 17.6. The summed E-state index contributed by atoms with van der Waals surface area (Å²) in [4.78, 5) is 17.0. The minimum Gasteiger partial charge on any atom is -0.378 e. The molecule has 0 atom stereocenters. The normalized spacial score (nSPS) is 11.5. The van der Waals surface area contributed by atoms with Crippen LogP contribution in [0.4, 0.5) is 0 Å². The fourth-order valence-corrected chi connectivity index (χ4v) is 3.18. The van der Waals surface area contributed by atoms with Crippen LogP contribution in [0.25, 0.3) is 27.9 Å². The first-order valence-corrected chi connectivity index (χ1v) is 8.90. The van der Waals surface area contributed by atoms with Crippen LogP contribution in [-0.4, -0.2) is 36.5 Å². The van der Waals surface area contributed by atoms with Crippen molar-refractivity contribution in [2.24, 2.45) is 0 Å². The second-order valence-electron chi connectivity index (χ2n) is 6.11. The molecular weight excluding hydrogens is 368 g/mol. The molecule has 0 N–H and O–H groups in total. The summed E-state index contributed by atoms with van der Waals surface area (Å²) in [5.74, 6) is 0. The lowest BCUT2D eigenvalue weighted by atomic mass is 10.1. The van der Waals surface area contributed by atoms with Gasteiger partial charge in [-0.25, -0.2) is 4.98 Å². The van der Waals surface area contributed by atoms with Gasteiger partial charge in [-0.2, -0.15) is 9.61 Å². The van der Waals surface area contributed by atoms with Crippen LogP contribution in [0.2, 0.25) is 5.02 Å². The van der Waals surface area contributed by atoms with E-state index in [9.17, 15) is 4.79 Å². The summed E-state index contributed by atoms with van der Waals surface area (Å²) in [5, 5.41) is 13.7. The van der Waals surface area contributed by atoms with Gasteiger partial charge in [0.15, 0.2) is 16.8 Å². The van der Waals surface area contributed by atoms with Crippen LogP contribution in [0.1, 0.15) is 19.0 Å². The highest BCUT2D eigenvalue weighted by Gasteiger charge is 2.20. The number of rotatable bonds is 5. The summed E-state index contributed by atoms with van der Waals surface area (Å²) >= 11 is 6.01. The largest absolute Gasteiger partial charge is 0.378 e. The monoisotopic (exact) mass is 384 g/mol. The molecule has 0 spiro atoms. The fraction of sp³-hybridized carbons (Fsp3) is 0.278. The Labute approximate surface area is 159 Å². The zero-order valence-corrected chi connectivity index (χ0v) is 15.6. The third kappa shape index (κ3) is 2.96. The van der Waals surface area contributed by atoms with Crippen LogP contribution in [0, 0.1) is 0 Å². The van der Waals surface area contributed by atoms with E-state index in [1.165, 1.54) is 10.9 Å². The summed E-state index contributed by atoms with van der Waals surface area (Å²) in [6, 6.07) is 7.37. The van der Waals surface area contributed by atoms with Crippen LogP contribution < -0.4 is 5.56 Å². The summed E-state index contributed by atoms with van der Waals surface area (Å²) in [5.41, 5.74) is 3.19. The highest BCUT2D eigenvalue weighted by molar-refractivity contribution is 6.30. The molecule has 0 saturated heterocycles. The van der Waals surface area contributed by atoms with E-state index in [1.807, 2.05) is 19.1 Å². The average molecular weight is 385 g/mol. The van der Waals surface area contributed by atoms with E-state index in [1.54, 1.807) is 23.8 Å². The van der Waals surface area contributed by atoms with Crippen molar-refractivity contribution in [3.63, 3.8) is 0 Å². The summed E-state index contributed by atoms with van der Waals surface area (Å²) in [6.07, 6.45) is 2.35. The Morgan fingerprint density at radius 1 is 1.15 bits per heavy atom. The van der Waals surface area contributed by atoms with Crippen molar-refractivity contribution < 1.29 is 4.74 Å². The molecule has 0 unspecified atom stereocenters. The number of fused-ring (bicyclic) bond motifs is 3. The minimum absolute atomic E-state index is 0.188. The maximum absolute atomic E-state index is 12.6. The molecule has 27 heavy (non-hydrogen) atoms. The molecule has 0 aliphatic carbocycles. The number of halogens is 1. The Morgan fingerprint density at radius 2 is 1.93 bits per heavy atom. The Balaban J connectivity index is 2.02. The molecule has 138 valence electrons. The lowest BCUT2D eigenvalue weighted by molar-refractivity contribution is 0.181. The molecule has 8 nitrogen and oxygen atoms in total. The zero-order valence-electron chi connectivity index (χ0n) is 14.9. The van der Waals surface area contributed by atoms with Crippen molar-refractivity contribution in [2.45, 2.75) is 26.5 Å². The van der Waals surface area contributed by atoms with Gasteiger partial charge in [0, 0.05) is 18.7 Å². The Hall–Kier alpha value is -2.84. The molecule has 4 aromatic rings. The van der Waals surface area contributed by atoms with E-state index in [4.69, 9.17) is 16.3 Å². The standard InChI is InChI=1S/C18H17ClN6O2/c1-3-8-24-10-20-17-15(18(24)26)21-22-16-14(11-4-6-12(19)7-5-11)13(9-27-2)23-25(16)17/h4-7,10H,3,8-9H2,1-2H3. The highest BCUT2D eigenvalue weighted by atomic mass is 35.5. The van der Waals surface area contributed by atoms with E-state index in [0.717, 1.165) is 17.5 Å². The van der Waals surface area contributed by atoms with E-state index >= 15 is 0 Å². The summed E-state index contributed by atoms with van der Waals surface area (Å²) in [7, 11) is 1.60. The summed E-state index contributed by atoms with van der Waals surface area (Å²) < 4.78 is 8.38. The van der Waals surface area contributed by atoms with Crippen molar-refractivity contribution in [3.05, 3.63) is 51.7 Å². The van der Waals surface area contributed by atoms with Gasteiger partial charge in [0.25, 0.3) is 5.56 Å². The number of nitrogens with zero attached hydrogens (tertiary/aromatic N) is 6. The summed E-state index contributed by atoms with van der Waals surface area (Å²) in [6.45, 7) is 2.86. The van der Waals surface area contributed by atoms with Gasteiger partial charge in [-0.3, -0.25) is 9.36 Å². The quantitative estimate of drug-likeness (QED) is 0.525. The Kier molecular flexibility index (Phi) is 4.59. The number of hydrogen-bond acceptors (Lipinski definition) is 6. The lowest BCUT2D eigenvalue weighted by Crippen LogP contribution is -2.22. The van der Waals surface area contributed by atoms with Crippen LogP contribution in [0.15, 0.2) is 35.4 Å². The van der Waals surface area contributed by atoms with Crippen molar-refractivity contribution in [2.75, 3.05) is 7.11 Å². The molecule has 0 fully saturated rings. The smallest absolute Gasteiger partial charge is 0.283 e. The van der Waals surface area contributed by atoms with Gasteiger partial charge in [0.1, 0.15) is 6.33 Å². The van der Waals surface area contributed by atoms with Crippen LogP contribution in [-0.2, 0) is 17.9 Å². The van der Waals surface area contributed by atoms with Gasteiger partial charge in [0.2, 0.25) is 0 Å². The molecule has 0 aliphatic heterocycles. The SMILES string of the molecule is CCCn1cnc2c(nnc3c(-c4ccc(Cl)cc4)c(COC)nn32)c1=O. The molecule has 0 bridgehead atoms. The molecule has 3 heterocycles. The Bertz CT molecular complexity index is 1180. The fourth-order valence-electron chi connectivity index (χ4n) is 3.05. The van der Waals surface area contributed by atoms with E-state index in [0.29, 0.717) is 28.6 Å². The third-order valence-corrected chi connectivity index (χ3v) is 4.50. The molecule has 0 aliphatic rings. The van der Waals surface area contributed by atoms with Crippen LogP contribution in [0.5, 0.6) is 0 Å². The van der Waals surface area contributed by atoms with Gasteiger partial charge in [-0.05, 0) is 24.1 Å². The number of benzene rings is 1. The highest BCUT2D eigenvalue weighted by Crippen LogP contribution is 2.29. The van der Waals surface area contributed by atoms with E-state index < -0.39 is 0 Å². The van der Waals surface area contributed by atoms with Crippen molar-refractivity contribution in [1.82, 2.24) is 29.4 Å². The van der Waals surface area contributed by atoms with Gasteiger partial charge in [-0.15, -0.1) is 10.2 Å². The molecule has 3 aromatic heterocycles. The molecule has 1 aromatic carbocycles. The van der Waals surface area contributed by atoms with Gasteiger partial charge >= 0.3 is 0 Å². The second kappa shape index (κ2) is 7.05. The van der Waals surface area contributed by atoms with E-state index in [-0.39, 0.29) is 17.7 Å². The maximum Gasteiger partial charge on any atom is 0.283 e. The number of hydrogen-bond donors (Lipinski definition) is 0. The van der Waals surface area contributed by atoms with Gasteiger partial charge in [-0.1, -0.05) is 30.7 Å². The minimum atomic E-state index is -0.229. The number of ether oxygens (including phenoxy) is 1. The van der Waals surface area contributed by atoms with Crippen molar-refractivity contribution >= 4 is 28.4 Å². The van der Waals surface area contributed by atoms with Crippen LogP contribution >= 0.6 is 11.6 Å². The number of methoxy groups -OCH3 is 1. The molecular formula is C18H17ClN6O2. The Morgan fingerprint density at radius 3 is 2.63 bits per heavy atom. The molecule has 0 radical (unpaired) electrons. The van der Waals surface area contributed by atoms with Crippen molar-refractivity contribution in [3.8, 4) is 11.1 Å². The number of aromatic nitrogens is 6. The lowest BCUT2D eigenvalue weighted by Gasteiger charge is -2.05. The zero-order chi connectivity index (χ0) is 19.0. The first-order valence-electron chi connectivity index (χ1n) is 8.52. The topological polar surface area (TPSA) is 87.2 Å². The van der Waals surface area contributed by atoms with Gasteiger partial charge in [0.05, 0.1) is 17.9 Å². The molecule has 9 heteroatoms. The molecule has 4 rings (SSSR count). The van der Waals surface area contributed by atoms with Crippen LogP contribution in [0.3, 0.4) is 0 Å². The molecule has 0 saturated carbocycles. The number of aryl methyl sites for hydroxylation is 1. The molecule has 0 amide bonds. The second-order valence-corrected chi connectivity index (χ2v) is 6.55. The predicted octanol–water partition coefficient (Wildman–Crippen LogP) is 2.71. The van der Waals surface area contributed by atoms with Crippen molar-refractivity contribution in [1.29, 1.82) is 0 Å². The first-order chi connectivity index (χ1) is 13.1. The van der Waals surface area contributed by atoms with Gasteiger partial charge < -0.3 is 4.74 Å². The average Bonchev–Trinajstić information content (AvgIpc) is 3.03.